The van der Waals surface area contributed by atoms with Crippen LogP contribution in [0, 0.1) is 6.92 Å². The molecule has 5 heterocycles. The molecule has 14 heteroatoms. The molecule has 1 amide bonds. The van der Waals surface area contributed by atoms with E-state index >= 15 is 0 Å². The van der Waals surface area contributed by atoms with Gasteiger partial charge in [0.05, 0.1) is 35.7 Å². The minimum Gasteiger partial charge on any atom is -0.475 e. The number of hydroxylamine groups is 2. The number of carbonyl (C=O) groups excluding carboxylic acids is 1. The number of carboxylic acids is 1. The van der Waals surface area contributed by atoms with Gasteiger partial charge in [0, 0.05) is 24.3 Å². The zero-order chi connectivity index (χ0) is 25.9. The number of halogens is 3. The van der Waals surface area contributed by atoms with Crippen molar-refractivity contribution >= 4 is 28.7 Å². The van der Waals surface area contributed by atoms with Crippen molar-refractivity contribution in [1.29, 1.82) is 0 Å². The molecule has 0 bridgehead atoms. The van der Waals surface area contributed by atoms with Gasteiger partial charge in [-0.25, -0.2) is 24.8 Å². The van der Waals surface area contributed by atoms with Crippen molar-refractivity contribution < 1.29 is 32.7 Å². The largest absolute Gasteiger partial charge is 0.490 e. The summed E-state index contributed by atoms with van der Waals surface area (Å²) in [5, 5.41) is 11.6. The van der Waals surface area contributed by atoms with Gasteiger partial charge in [-0.2, -0.15) is 13.2 Å². The summed E-state index contributed by atoms with van der Waals surface area (Å²) in [7, 11) is 0. The summed E-state index contributed by atoms with van der Waals surface area (Å²) in [6.45, 7) is 3.79. The van der Waals surface area contributed by atoms with Crippen LogP contribution in [0.5, 0.6) is 0 Å². The molecule has 0 unspecified atom stereocenters. The molecule has 0 radical (unpaired) electrons. The molecule has 5 rings (SSSR count). The first-order valence-electron chi connectivity index (χ1n) is 10.8. The molecule has 190 valence electrons. The van der Waals surface area contributed by atoms with Gasteiger partial charge in [0.25, 0.3) is 5.91 Å². The molecule has 0 aliphatic carbocycles. The number of alkyl halides is 3. The highest BCUT2D eigenvalue weighted by molar-refractivity contribution is 7.09. The van der Waals surface area contributed by atoms with Crippen molar-refractivity contribution in [3.8, 4) is 11.5 Å². The number of hydrogen-bond donors (Lipinski definition) is 1. The Morgan fingerprint density at radius 3 is 2.64 bits per heavy atom. The number of pyridine rings is 1. The molecule has 0 spiro atoms. The molecular weight excluding hydrogens is 501 g/mol. The third-order valence-electron chi connectivity index (χ3n) is 5.10. The lowest BCUT2D eigenvalue weighted by atomic mass is 10.2. The average Bonchev–Trinajstić information content (AvgIpc) is 3.58. The topological polar surface area (TPSA) is 115 Å². The zero-order valence-corrected chi connectivity index (χ0v) is 19.8. The predicted octanol–water partition coefficient (Wildman–Crippen LogP) is 3.81. The highest BCUT2D eigenvalue weighted by Crippen LogP contribution is 2.24. The van der Waals surface area contributed by atoms with Gasteiger partial charge >= 0.3 is 12.1 Å². The maximum Gasteiger partial charge on any atom is 0.490 e. The van der Waals surface area contributed by atoms with E-state index in [2.05, 4.69) is 20.3 Å². The van der Waals surface area contributed by atoms with Gasteiger partial charge in [0.2, 0.25) is 0 Å². The smallest absolute Gasteiger partial charge is 0.475 e. The number of thiazole rings is 1. The number of hydrogen-bond acceptors (Lipinski definition) is 7. The Morgan fingerprint density at radius 2 is 2.00 bits per heavy atom. The molecule has 4 aromatic rings. The fourth-order valence-corrected chi connectivity index (χ4v) is 4.08. The van der Waals surface area contributed by atoms with Gasteiger partial charge in [-0.3, -0.25) is 14.0 Å². The molecule has 1 saturated heterocycles. The lowest BCUT2D eigenvalue weighted by Crippen LogP contribution is -2.36. The minimum atomic E-state index is -5.08. The Kier molecular flexibility index (Phi) is 7.35. The number of rotatable bonds is 4. The molecule has 1 fully saturated rings. The van der Waals surface area contributed by atoms with Crippen LogP contribution in [0.1, 0.15) is 34.0 Å². The summed E-state index contributed by atoms with van der Waals surface area (Å²) in [6.07, 6.45) is 2.42. The van der Waals surface area contributed by atoms with Crippen molar-refractivity contribution in [2.24, 2.45) is 0 Å². The van der Waals surface area contributed by atoms with E-state index in [1.54, 1.807) is 17.7 Å². The van der Waals surface area contributed by atoms with E-state index in [1.165, 1.54) is 5.06 Å². The summed E-state index contributed by atoms with van der Waals surface area (Å²) >= 11 is 1.63. The van der Waals surface area contributed by atoms with Crippen LogP contribution in [0.15, 0.2) is 42.3 Å². The zero-order valence-electron chi connectivity index (χ0n) is 19.0. The van der Waals surface area contributed by atoms with Gasteiger partial charge in [-0.15, -0.1) is 11.3 Å². The number of imidazole rings is 2. The normalized spacial score (nSPS) is 13.9. The van der Waals surface area contributed by atoms with E-state index in [-0.39, 0.29) is 5.91 Å². The lowest BCUT2D eigenvalue weighted by molar-refractivity contribution is -0.192. The van der Waals surface area contributed by atoms with Crippen LogP contribution in [-0.2, 0) is 16.2 Å². The lowest BCUT2D eigenvalue weighted by Gasteiger charge is -2.25. The second-order valence-corrected chi connectivity index (χ2v) is 8.84. The highest BCUT2D eigenvalue weighted by Gasteiger charge is 2.38. The quantitative estimate of drug-likeness (QED) is 0.433. The standard InChI is InChI=1S/C20H20N6O2S.C2HF3O2/c1-14-22-15(12-29-14)10-24-11-16(21-13-24)19-23-18(17-6-2-3-7-25(17)19)20(27)26-8-4-5-9-28-26;3-2(4,5)1(6)7/h2-3,6-7,11-13H,4-5,8-10H2,1H3;(H,6,7). The van der Waals surface area contributed by atoms with Crippen molar-refractivity contribution in [2.45, 2.75) is 32.5 Å². The number of aromatic nitrogens is 5. The van der Waals surface area contributed by atoms with Crippen molar-refractivity contribution in [2.75, 3.05) is 13.2 Å². The third-order valence-corrected chi connectivity index (χ3v) is 5.92. The molecule has 10 nitrogen and oxygen atoms in total. The van der Waals surface area contributed by atoms with Crippen LogP contribution in [0.4, 0.5) is 13.2 Å². The number of fused-ring (bicyclic) bond motifs is 1. The predicted molar refractivity (Wildman–Crippen MR) is 122 cm³/mol. The molecule has 1 aliphatic rings. The van der Waals surface area contributed by atoms with Gasteiger partial charge < -0.3 is 9.67 Å². The number of amides is 1. The van der Waals surface area contributed by atoms with Crippen molar-refractivity contribution in [3.05, 3.63) is 58.7 Å². The van der Waals surface area contributed by atoms with Crippen molar-refractivity contribution in [1.82, 2.24) is 29.0 Å². The van der Waals surface area contributed by atoms with Gasteiger partial charge in [0.15, 0.2) is 11.5 Å². The van der Waals surface area contributed by atoms with Crippen molar-refractivity contribution in [3.63, 3.8) is 0 Å². The molecule has 1 aliphatic heterocycles. The van der Waals surface area contributed by atoms with Crippen LogP contribution < -0.4 is 0 Å². The van der Waals surface area contributed by atoms with Crippen LogP contribution in [0.2, 0.25) is 0 Å². The molecule has 1 N–H and O–H groups in total. The summed E-state index contributed by atoms with van der Waals surface area (Å²) in [5.74, 6) is -2.33. The Labute approximate surface area is 206 Å². The third kappa shape index (κ3) is 5.71. The van der Waals surface area contributed by atoms with Gasteiger partial charge in [0.1, 0.15) is 5.69 Å². The fourth-order valence-electron chi connectivity index (χ4n) is 3.48. The molecule has 4 aromatic heterocycles. The Morgan fingerprint density at radius 1 is 1.22 bits per heavy atom. The summed E-state index contributed by atoms with van der Waals surface area (Å²) in [4.78, 5) is 41.1. The Hall–Kier alpha value is -3.78. The number of aliphatic carboxylic acids is 1. The fraction of sp³-hybridized carbons (Fsp3) is 0.318. The molecule has 0 aromatic carbocycles. The number of carbonyl (C=O) groups is 2. The van der Waals surface area contributed by atoms with Gasteiger partial charge in [-0.05, 0) is 31.9 Å². The summed E-state index contributed by atoms with van der Waals surface area (Å²) in [5.41, 5.74) is 2.83. The van der Waals surface area contributed by atoms with Crippen LogP contribution in [0.3, 0.4) is 0 Å². The molecule has 36 heavy (non-hydrogen) atoms. The maximum absolute atomic E-state index is 13.0. The second kappa shape index (κ2) is 10.5. The number of aryl methyl sites for hydroxylation is 1. The summed E-state index contributed by atoms with van der Waals surface area (Å²) in [6, 6.07) is 5.71. The van der Waals surface area contributed by atoms with E-state index in [9.17, 15) is 18.0 Å². The molecular formula is C22H21F3N6O4S. The van der Waals surface area contributed by atoms with Gasteiger partial charge in [-0.1, -0.05) is 6.07 Å². The maximum atomic E-state index is 13.0. The Bertz CT molecular complexity index is 1370. The first kappa shape index (κ1) is 25.3. The Balaban J connectivity index is 0.000000384. The van der Waals surface area contributed by atoms with E-state index in [0.29, 0.717) is 36.9 Å². The van der Waals surface area contributed by atoms with Crippen LogP contribution >= 0.6 is 11.3 Å². The number of nitrogens with zero attached hydrogens (tertiary/aromatic N) is 6. The van der Waals surface area contributed by atoms with E-state index in [1.807, 2.05) is 46.5 Å². The SMILES string of the molecule is Cc1nc(Cn2cnc(-c3nc(C(=O)N4CCCCO4)c4ccccn34)c2)cs1.O=C(O)C(F)(F)F. The highest BCUT2D eigenvalue weighted by atomic mass is 32.1. The first-order valence-corrected chi connectivity index (χ1v) is 11.7. The second-order valence-electron chi connectivity index (χ2n) is 7.78. The molecule has 0 atom stereocenters. The minimum absolute atomic E-state index is 0.211. The van der Waals surface area contributed by atoms with E-state index in [0.717, 1.165) is 29.1 Å². The van der Waals surface area contributed by atoms with E-state index < -0.39 is 12.1 Å². The van der Waals surface area contributed by atoms with Crippen LogP contribution in [0.25, 0.3) is 17.0 Å². The monoisotopic (exact) mass is 522 g/mol. The molecule has 0 saturated carbocycles. The average molecular weight is 523 g/mol. The number of carboxylic acid groups (broad SMARTS) is 1. The van der Waals surface area contributed by atoms with E-state index in [4.69, 9.17) is 14.7 Å². The van der Waals surface area contributed by atoms with Crippen LogP contribution in [-0.4, -0.2) is 65.3 Å². The summed E-state index contributed by atoms with van der Waals surface area (Å²) < 4.78 is 35.6. The first-order chi connectivity index (χ1) is 17.1.